The van der Waals surface area contributed by atoms with Gasteiger partial charge in [0, 0.05) is 11.6 Å². The molecule has 0 aliphatic heterocycles. The summed E-state index contributed by atoms with van der Waals surface area (Å²) in [5, 5.41) is 13.7. The average molecular weight is 221 g/mol. The number of aromatic nitrogens is 3. The zero-order valence-corrected chi connectivity index (χ0v) is 8.97. The van der Waals surface area contributed by atoms with Crippen LogP contribution in [-0.4, -0.2) is 32.3 Å². The van der Waals surface area contributed by atoms with Gasteiger partial charge in [0.1, 0.15) is 0 Å². The zero-order chi connectivity index (χ0) is 11.7. The normalized spacial score (nSPS) is 10.6. The third-order valence-electron chi connectivity index (χ3n) is 2.21. The van der Waals surface area contributed by atoms with E-state index in [2.05, 4.69) is 10.1 Å². The lowest BCUT2D eigenvalue weighted by Gasteiger charge is -2.07. The van der Waals surface area contributed by atoms with E-state index in [1.165, 1.54) is 10.7 Å². The minimum absolute atomic E-state index is 0.0990. The van der Waals surface area contributed by atoms with Crippen LogP contribution in [0.25, 0.3) is 5.65 Å². The molecule has 0 fully saturated rings. The van der Waals surface area contributed by atoms with Crippen LogP contribution in [0.1, 0.15) is 23.0 Å². The Balaban J connectivity index is 2.61. The van der Waals surface area contributed by atoms with Crippen molar-refractivity contribution in [1.82, 2.24) is 14.6 Å². The Morgan fingerprint density at radius 3 is 3.06 bits per heavy atom. The predicted molar refractivity (Wildman–Crippen MR) is 55.3 cm³/mol. The van der Waals surface area contributed by atoms with Crippen LogP contribution in [0, 0.1) is 6.92 Å². The molecule has 16 heavy (non-hydrogen) atoms. The molecule has 0 atom stereocenters. The summed E-state index contributed by atoms with van der Waals surface area (Å²) < 4.78 is 6.11. The third-order valence-corrected chi connectivity index (χ3v) is 2.21. The Morgan fingerprint density at radius 1 is 1.62 bits per heavy atom. The Morgan fingerprint density at radius 2 is 2.38 bits per heavy atom. The Hall–Kier alpha value is -2.11. The van der Waals surface area contributed by atoms with Crippen LogP contribution in [0.2, 0.25) is 0 Å². The molecule has 0 aromatic carbocycles. The molecule has 0 spiro atoms. The van der Waals surface area contributed by atoms with Crippen molar-refractivity contribution in [2.24, 2.45) is 0 Å². The van der Waals surface area contributed by atoms with Crippen LogP contribution in [0.3, 0.4) is 0 Å². The Labute approximate surface area is 91.5 Å². The summed E-state index contributed by atoms with van der Waals surface area (Å²) in [5.74, 6) is -0.642. The van der Waals surface area contributed by atoms with Gasteiger partial charge in [-0.1, -0.05) is 0 Å². The zero-order valence-electron chi connectivity index (χ0n) is 8.97. The maximum absolute atomic E-state index is 11.6. The van der Waals surface area contributed by atoms with Gasteiger partial charge in [0.25, 0.3) is 0 Å². The highest BCUT2D eigenvalue weighted by molar-refractivity contribution is 5.90. The van der Waals surface area contributed by atoms with Crippen LogP contribution in [-0.2, 0) is 4.74 Å². The van der Waals surface area contributed by atoms with E-state index < -0.39 is 5.97 Å². The van der Waals surface area contributed by atoms with Gasteiger partial charge in [-0.15, -0.1) is 0 Å². The second-order valence-corrected chi connectivity index (χ2v) is 3.23. The van der Waals surface area contributed by atoms with Crippen LogP contribution in [0.15, 0.2) is 12.3 Å². The largest absolute Gasteiger partial charge is 0.493 e. The van der Waals surface area contributed by atoms with Crippen molar-refractivity contribution in [3.8, 4) is 5.88 Å². The minimum atomic E-state index is -0.543. The number of aromatic hydroxyl groups is 1. The van der Waals surface area contributed by atoms with Crippen molar-refractivity contribution in [3.05, 3.63) is 23.5 Å². The number of nitrogens with zero attached hydrogens (tertiary/aromatic N) is 3. The van der Waals surface area contributed by atoms with Gasteiger partial charge in [0.2, 0.25) is 5.88 Å². The summed E-state index contributed by atoms with van der Waals surface area (Å²) in [6, 6.07) is 1.60. The molecule has 0 amide bonds. The highest BCUT2D eigenvalue weighted by Crippen LogP contribution is 2.20. The monoisotopic (exact) mass is 221 g/mol. The SMILES string of the molecule is CCOC(=O)c1nc2ccnn2c(O)c1C. The first-order valence-electron chi connectivity index (χ1n) is 4.85. The van der Waals surface area contributed by atoms with Crippen molar-refractivity contribution < 1.29 is 14.6 Å². The average Bonchev–Trinajstić information content (AvgIpc) is 2.71. The van der Waals surface area contributed by atoms with Gasteiger partial charge >= 0.3 is 5.97 Å². The summed E-state index contributed by atoms with van der Waals surface area (Å²) in [4.78, 5) is 15.6. The maximum atomic E-state index is 11.6. The first kappa shape index (κ1) is 10.4. The van der Waals surface area contributed by atoms with E-state index in [0.717, 1.165) is 0 Å². The number of rotatable bonds is 2. The molecule has 0 saturated carbocycles. The van der Waals surface area contributed by atoms with Crippen molar-refractivity contribution in [1.29, 1.82) is 0 Å². The molecule has 0 saturated heterocycles. The fraction of sp³-hybridized carbons (Fsp3) is 0.300. The molecule has 2 aromatic rings. The van der Waals surface area contributed by atoms with Crippen LogP contribution in [0.4, 0.5) is 0 Å². The van der Waals surface area contributed by atoms with E-state index in [-0.39, 0.29) is 18.2 Å². The Bertz CT molecular complexity index is 547. The van der Waals surface area contributed by atoms with Gasteiger partial charge in [-0.3, -0.25) is 0 Å². The molecule has 0 bridgehead atoms. The number of esters is 1. The summed E-state index contributed by atoms with van der Waals surface area (Å²) in [6.45, 7) is 3.57. The summed E-state index contributed by atoms with van der Waals surface area (Å²) in [7, 11) is 0. The minimum Gasteiger partial charge on any atom is -0.493 e. The summed E-state index contributed by atoms with van der Waals surface area (Å²) in [6.07, 6.45) is 1.50. The fourth-order valence-corrected chi connectivity index (χ4v) is 1.41. The molecule has 6 nitrogen and oxygen atoms in total. The quantitative estimate of drug-likeness (QED) is 0.763. The number of hydrogen-bond donors (Lipinski definition) is 1. The first-order chi connectivity index (χ1) is 7.65. The molecule has 84 valence electrons. The number of ether oxygens (including phenoxy) is 1. The van der Waals surface area contributed by atoms with E-state index >= 15 is 0 Å². The van der Waals surface area contributed by atoms with Crippen molar-refractivity contribution in [2.75, 3.05) is 6.61 Å². The number of hydrogen-bond acceptors (Lipinski definition) is 5. The van der Waals surface area contributed by atoms with E-state index in [1.54, 1.807) is 19.9 Å². The maximum Gasteiger partial charge on any atom is 0.357 e. The second-order valence-electron chi connectivity index (χ2n) is 3.23. The van der Waals surface area contributed by atoms with Crippen LogP contribution in [0.5, 0.6) is 5.88 Å². The topological polar surface area (TPSA) is 76.7 Å². The van der Waals surface area contributed by atoms with Gasteiger partial charge < -0.3 is 9.84 Å². The fourth-order valence-electron chi connectivity index (χ4n) is 1.41. The van der Waals surface area contributed by atoms with Gasteiger partial charge in [-0.25, -0.2) is 9.78 Å². The van der Waals surface area contributed by atoms with Crippen molar-refractivity contribution in [3.63, 3.8) is 0 Å². The van der Waals surface area contributed by atoms with Crippen molar-refractivity contribution >= 4 is 11.6 Å². The molecule has 0 radical (unpaired) electrons. The number of fused-ring (bicyclic) bond motifs is 1. The standard InChI is InChI=1S/C10H11N3O3/c1-3-16-10(15)8-6(2)9(14)13-7(12-8)4-5-11-13/h4-5,14H,3H2,1-2H3. The molecule has 0 aliphatic rings. The van der Waals surface area contributed by atoms with Gasteiger partial charge in [-0.05, 0) is 13.8 Å². The first-order valence-corrected chi connectivity index (χ1v) is 4.85. The smallest absolute Gasteiger partial charge is 0.357 e. The predicted octanol–water partition coefficient (Wildman–Crippen LogP) is 0.920. The third kappa shape index (κ3) is 1.48. The van der Waals surface area contributed by atoms with E-state index in [1.807, 2.05) is 0 Å². The molecule has 0 aliphatic carbocycles. The second kappa shape index (κ2) is 3.80. The molecule has 6 heteroatoms. The molecule has 2 heterocycles. The number of carbonyl (C=O) groups excluding carboxylic acids is 1. The highest BCUT2D eigenvalue weighted by atomic mass is 16.5. The van der Waals surface area contributed by atoms with E-state index in [9.17, 15) is 9.90 Å². The summed E-state index contributed by atoms with van der Waals surface area (Å²) in [5.41, 5.74) is 0.883. The lowest BCUT2D eigenvalue weighted by Crippen LogP contribution is -2.11. The van der Waals surface area contributed by atoms with Crippen LogP contribution < -0.4 is 0 Å². The van der Waals surface area contributed by atoms with Crippen molar-refractivity contribution in [2.45, 2.75) is 13.8 Å². The van der Waals surface area contributed by atoms with Crippen LogP contribution >= 0.6 is 0 Å². The lowest BCUT2D eigenvalue weighted by molar-refractivity contribution is 0.0518. The molecular weight excluding hydrogens is 210 g/mol. The molecule has 0 unspecified atom stereocenters. The number of carbonyl (C=O) groups is 1. The molecule has 1 N–H and O–H groups in total. The molecule has 2 rings (SSSR count). The van der Waals surface area contributed by atoms with E-state index in [4.69, 9.17) is 4.74 Å². The molecule has 2 aromatic heterocycles. The lowest BCUT2D eigenvalue weighted by atomic mass is 10.2. The van der Waals surface area contributed by atoms with Gasteiger partial charge in [0.15, 0.2) is 11.3 Å². The van der Waals surface area contributed by atoms with Gasteiger partial charge in [0.05, 0.1) is 12.8 Å². The summed E-state index contributed by atoms with van der Waals surface area (Å²) >= 11 is 0. The van der Waals surface area contributed by atoms with Gasteiger partial charge in [-0.2, -0.15) is 9.61 Å². The molecular formula is C10H11N3O3. The Kier molecular flexibility index (Phi) is 2.47. The highest BCUT2D eigenvalue weighted by Gasteiger charge is 2.18. The van der Waals surface area contributed by atoms with E-state index in [0.29, 0.717) is 11.2 Å².